The Morgan fingerprint density at radius 2 is 2.05 bits per heavy atom. The zero-order valence-corrected chi connectivity index (χ0v) is 12.7. The third kappa shape index (κ3) is 4.15. The van der Waals surface area contributed by atoms with E-state index >= 15 is 0 Å². The summed E-state index contributed by atoms with van der Waals surface area (Å²) in [6, 6.07) is 7.71. The fourth-order valence-electron chi connectivity index (χ4n) is 2.27. The maximum atomic E-state index is 12.0. The average molecular weight is 295 g/mol. The zero-order valence-electron chi connectivity index (χ0n) is 11.9. The van der Waals surface area contributed by atoms with Gasteiger partial charge in [0.15, 0.2) is 0 Å². The van der Waals surface area contributed by atoms with Crippen molar-refractivity contribution in [1.29, 1.82) is 0 Å². The molecule has 1 fully saturated rings. The number of hydrogen-bond acceptors (Lipinski definition) is 4. The fraction of sp³-hybridized carbons (Fsp3) is 0.533. The minimum absolute atomic E-state index is 0.132. The Morgan fingerprint density at radius 3 is 2.60 bits per heavy atom. The molecule has 0 aliphatic heterocycles. The molecule has 1 aliphatic carbocycles. The number of amides is 1. The van der Waals surface area contributed by atoms with Crippen molar-refractivity contribution < 1.29 is 14.6 Å². The summed E-state index contributed by atoms with van der Waals surface area (Å²) in [6.07, 6.45) is 1.49. The predicted octanol–water partition coefficient (Wildman–Crippen LogP) is 2.02. The van der Waals surface area contributed by atoms with Crippen LogP contribution in [0.15, 0.2) is 29.2 Å². The number of thioether (sulfide) groups is 1. The lowest BCUT2D eigenvalue weighted by Crippen LogP contribution is -2.40. The van der Waals surface area contributed by atoms with E-state index in [4.69, 9.17) is 4.74 Å². The van der Waals surface area contributed by atoms with Gasteiger partial charge in [-0.05, 0) is 43.0 Å². The highest BCUT2D eigenvalue weighted by Gasteiger charge is 2.28. The van der Waals surface area contributed by atoms with Crippen LogP contribution in [0.2, 0.25) is 0 Å². The molecule has 1 aliphatic rings. The minimum atomic E-state index is -0.155. The van der Waals surface area contributed by atoms with Crippen LogP contribution >= 0.6 is 11.8 Å². The van der Waals surface area contributed by atoms with Gasteiger partial charge in [-0.2, -0.15) is 0 Å². The molecule has 110 valence electrons. The molecule has 0 radical (unpaired) electrons. The van der Waals surface area contributed by atoms with Crippen LogP contribution in [0.5, 0.6) is 5.75 Å². The van der Waals surface area contributed by atoms with E-state index in [1.54, 1.807) is 12.0 Å². The van der Waals surface area contributed by atoms with Crippen LogP contribution in [0.25, 0.3) is 0 Å². The smallest absolute Gasteiger partial charge is 0.232 e. The maximum Gasteiger partial charge on any atom is 0.232 e. The van der Waals surface area contributed by atoms with E-state index in [1.807, 2.05) is 31.3 Å². The van der Waals surface area contributed by atoms with Gasteiger partial charge in [-0.15, -0.1) is 11.8 Å². The molecule has 4 nitrogen and oxygen atoms in total. The molecular formula is C15H21NO3S. The molecule has 2 rings (SSSR count). The molecule has 0 saturated heterocycles. The molecule has 0 aromatic heterocycles. The van der Waals surface area contributed by atoms with E-state index in [0.29, 0.717) is 11.7 Å². The first-order chi connectivity index (χ1) is 9.58. The number of aliphatic hydroxyl groups excluding tert-OH is 1. The first-order valence-corrected chi connectivity index (χ1v) is 7.76. The van der Waals surface area contributed by atoms with E-state index in [0.717, 1.165) is 30.0 Å². The molecule has 1 aromatic carbocycles. The van der Waals surface area contributed by atoms with Gasteiger partial charge in [0.2, 0.25) is 5.91 Å². The fourth-order valence-corrected chi connectivity index (χ4v) is 3.10. The number of carbonyl (C=O) groups is 1. The molecule has 0 spiro atoms. The van der Waals surface area contributed by atoms with Gasteiger partial charge in [-0.1, -0.05) is 0 Å². The molecular weight excluding hydrogens is 274 g/mol. The van der Waals surface area contributed by atoms with Gasteiger partial charge in [0.05, 0.1) is 19.0 Å². The van der Waals surface area contributed by atoms with Crippen molar-refractivity contribution in [2.75, 3.05) is 26.5 Å². The van der Waals surface area contributed by atoms with Gasteiger partial charge in [-0.3, -0.25) is 4.79 Å². The van der Waals surface area contributed by atoms with Crippen LogP contribution in [0.4, 0.5) is 0 Å². The summed E-state index contributed by atoms with van der Waals surface area (Å²) < 4.78 is 5.10. The minimum Gasteiger partial charge on any atom is -0.497 e. The van der Waals surface area contributed by atoms with Crippen molar-refractivity contribution in [3.8, 4) is 5.75 Å². The van der Waals surface area contributed by atoms with Crippen LogP contribution < -0.4 is 4.74 Å². The molecule has 1 saturated carbocycles. The summed E-state index contributed by atoms with van der Waals surface area (Å²) in [6.45, 7) is 0.749. The van der Waals surface area contributed by atoms with Crippen molar-refractivity contribution in [3.05, 3.63) is 24.3 Å². The van der Waals surface area contributed by atoms with Gasteiger partial charge < -0.3 is 14.7 Å². The standard InChI is InChI=1S/C15H21NO3S/c1-16(9-11-7-12(17)8-11)15(18)10-20-14-5-3-13(19-2)4-6-14/h3-6,11-12,17H,7-10H2,1-2H3. The van der Waals surface area contributed by atoms with Crippen molar-refractivity contribution in [2.24, 2.45) is 5.92 Å². The van der Waals surface area contributed by atoms with E-state index < -0.39 is 0 Å². The predicted molar refractivity (Wildman–Crippen MR) is 80.1 cm³/mol. The van der Waals surface area contributed by atoms with Crippen LogP contribution in [-0.2, 0) is 4.79 Å². The third-order valence-electron chi connectivity index (χ3n) is 3.59. The van der Waals surface area contributed by atoms with Crippen LogP contribution in [0, 0.1) is 5.92 Å². The maximum absolute atomic E-state index is 12.0. The summed E-state index contributed by atoms with van der Waals surface area (Å²) in [5, 5.41) is 9.25. The second-order valence-corrected chi connectivity index (χ2v) is 6.28. The lowest BCUT2D eigenvalue weighted by atomic mass is 9.82. The summed E-state index contributed by atoms with van der Waals surface area (Å²) in [7, 11) is 3.47. The van der Waals surface area contributed by atoms with E-state index in [-0.39, 0.29) is 12.0 Å². The monoisotopic (exact) mass is 295 g/mol. The number of benzene rings is 1. The largest absolute Gasteiger partial charge is 0.497 e. The van der Waals surface area contributed by atoms with Gasteiger partial charge in [-0.25, -0.2) is 0 Å². The van der Waals surface area contributed by atoms with Crippen molar-refractivity contribution >= 4 is 17.7 Å². The quantitative estimate of drug-likeness (QED) is 0.816. The molecule has 1 amide bonds. The third-order valence-corrected chi connectivity index (χ3v) is 4.59. The Morgan fingerprint density at radius 1 is 1.40 bits per heavy atom. The Labute approximate surface area is 124 Å². The second-order valence-electron chi connectivity index (χ2n) is 5.23. The van der Waals surface area contributed by atoms with E-state index in [2.05, 4.69) is 0 Å². The summed E-state index contributed by atoms with van der Waals surface area (Å²) in [5.41, 5.74) is 0. The normalized spacial score (nSPS) is 21.1. The molecule has 20 heavy (non-hydrogen) atoms. The number of ether oxygens (including phenoxy) is 1. The van der Waals surface area contributed by atoms with Gasteiger partial charge in [0, 0.05) is 18.5 Å². The van der Waals surface area contributed by atoms with Crippen LogP contribution in [0.3, 0.4) is 0 Å². The highest BCUT2D eigenvalue weighted by Crippen LogP contribution is 2.28. The Balaban J connectivity index is 1.73. The summed E-state index contributed by atoms with van der Waals surface area (Å²) in [5.74, 6) is 1.86. The number of nitrogens with zero attached hydrogens (tertiary/aromatic N) is 1. The highest BCUT2D eigenvalue weighted by atomic mass is 32.2. The molecule has 5 heteroatoms. The first-order valence-electron chi connectivity index (χ1n) is 6.77. The van der Waals surface area contributed by atoms with Gasteiger partial charge in [0.25, 0.3) is 0 Å². The van der Waals surface area contributed by atoms with Gasteiger partial charge in [0.1, 0.15) is 5.75 Å². The van der Waals surface area contributed by atoms with E-state index in [9.17, 15) is 9.90 Å². The Kier molecular flexibility index (Phi) is 5.31. The highest BCUT2D eigenvalue weighted by molar-refractivity contribution is 8.00. The number of carbonyl (C=O) groups excluding carboxylic acids is 1. The van der Waals surface area contributed by atoms with Gasteiger partial charge >= 0.3 is 0 Å². The van der Waals surface area contributed by atoms with Crippen molar-refractivity contribution in [2.45, 2.75) is 23.8 Å². The number of methoxy groups -OCH3 is 1. The molecule has 0 bridgehead atoms. The lowest BCUT2D eigenvalue weighted by molar-refractivity contribution is -0.128. The first kappa shape index (κ1) is 15.2. The van der Waals surface area contributed by atoms with Crippen molar-refractivity contribution in [3.63, 3.8) is 0 Å². The van der Waals surface area contributed by atoms with Crippen LogP contribution in [-0.4, -0.2) is 48.5 Å². The van der Waals surface area contributed by atoms with Crippen molar-refractivity contribution in [1.82, 2.24) is 4.90 Å². The summed E-state index contributed by atoms with van der Waals surface area (Å²) in [4.78, 5) is 14.8. The van der Waals surface area contributed by atoms with Crippen LogP contribution in [0.1, 0.15) is 12.8 Å². The molecule has 0 heterocycles. The molecule has 1 N–H and O–H groups in total. The molecule has 1 aromatic rings. The molecule has 0 unspecified atom stereocenters. The number of rotatable bonds is 6. The SMILES string of the molecule is COc1ccc(SCC(=O)N(C)CC2CC(O)C2)cc1. The Hall–Kier alpha value is -1.20. The topological polar surface area (TPSA) is 49.8 Å². The zero-order chi connectivity index (χ0) is 14.5. The van der Waals surface area contributed by atoms with E-state index in [1.165, 1.54) is 11.8 Å². The number of aliphatic hydroxyl groups is 1. The second kappa shape index (κ2) is 6.99. The number of hydrogen-bond donors (Lipinski definition) is 1. The Bertz CT molecular complexity index is 443. The summed E-state index contributed by atoms with van der Waals surface area (Å²) >= 11 is 1.53. The lowest BCUT2D eigenvalue weighted by Gasteiger charge is -2.34. The average Bonchev–Trinajstić information content (AvgIpc) is 2.43. The molecule has 0 atom stereocenters.